The van der Waals surface area contributed by atoms with Crippen LogP contribution in [0.1, 0.15) is 38.0 Å². The number of aromatic nitrogens is 3. The van der Waals surface area contributed by atoms with E-state index in [4.69, 9.17) is 4.52 Å². The fourth-order valence-electron chi connectivity index (χ4n) is 2.18. The van der Waals surface area contributed by atoms with Gasteiger partial charge in [0.05, 0.1) is 5.69 Å². The molecule has 0 radical (unpaired) electrons. The quantitative estimate of drug-likeness (QED) is 0.823. The lowest BCUT2D eigenvalue weighted by atomic mass is 10.3. The Morgan fingerprint density at radius 1 is 1.24 bits per heavy atom. The average molecular weight is 307 g/mol. The maximum Gasteiger partial charge on any atom is 0.294 e. The number of hydrogen-bond acceptors (Lipinski definition) is 7. The largest absolute Gasteiger partial charge is 0.361 e. The zero-order valence-electron chi connectivity index (χ0n) is 11.6. The predicted molar refractivity (Wildman–Crippen MR) is 72.6 cm³/mol. The highest BCUT2D eigenvalue weighted by atomic mass is 32.1. The van der Waals surface area contributed by atoms with Gasteiger partial charge in [-0.15, -0.1) is 5.10 Å². The van der Waals surface area contributed by atoms with Gasteiger partial charge in [0.1, 0.15) is 10.6 Å². The first-order valence-corrected chi connectivity index (χ1v) is 7.21. The van der Waals surface area contributed by atoms with Gasteiger partial charge in [-0.3, -0.25) is 9.59 Å². The smallest absolute Gasteiger partial charge is 0.294 e. The number of carbonyl (C=O) groups excluding carboxylic acids is 2. The number of amides is 2. The molecule has 0 unspecified atom stereocenters. The van der Waals surface area contributed by atoms with E-state index in [1.165, 1.54) is 10.0 Å². The van der Waals surface area contributed by atoms with Crippen LogP contribution in [0, 0.1) is 13.8 Å². The van der Waals surface area contributed by atoms with Gasteiger partial charge in [0, 0.05) is 19.2 Å². The minimum atomic E-state index is -0.340. The van der Waals surface area contributed by atoms with Crippen molar-refractivity contribution in [2.24, 2.45) is 0 Å². The first kappa shape index (κ1) is 13.7. The second-order valence-corrected chi connectivity index (χ2v) is 5.47. The molecule has 1 fully saturated rings. The second-order valence-electron chi connectivity index (χ2n) is 4.72. The van der Waals surface area contributed by atoms with Crippen LogP contribution >= 0.6 is 11.5 Å². The molecule has 8 nitrogen and oxygen atoms in total. The lowest BCUT2D eigenvalue weighted by molar-refractivity contribution is 0.0182. The minimum absolute atomic E-state index is 0.200. The Kier molecular flexibility index (Phi) is 3.42. The molecular formula is C12H13N5O3S. The first-order chi connectivity index (χ1) is 10.1. The summed E-state index contributed by atoms with van der Waals surface area (Å²) in [7, 11) is 0. The zero-order valence-corrected chi connectivity index (χ0v) is 12.4. The van der Waals surface area contributed by atoms with Crippen molar-refractivity contribution in [1.29, 1.82) is 0 Å². The van der Waals surface area contributed by atoms with Gasteiger partial charge < -0.3 is 4.52 Å². The maximum atomic E-state index is 12.5. The summed E-state index contributed by atoms with van der Waals surface area (Å²) in [5, 5.41) is 10.4. The second kappa shape index (κ2) is 5.24. The van der Waals surface area contributed by atoms with Crippen LogP contribution in [-0.4, -0.2) is 49.7 Å². The van der Waals surface area contributed by atoms with Crippen molar-refractivity contribution in [1.82, 2.24) is 24.8 Å². The third kappa shape index (κ3) is 2.40. The van der Waals surface area contributed by atoms with Gasteiger partial charge in [-0.25, -0.2) is 10.0 Å². The molecule has 1 aliphatic heterocycles. The van der Waals surface area contributed by atoms with Crippen molar-refractivity contribution in [2.45, 2.75) is 20.3 Å². The topological polar surface area (TPSA) is 92.4 Å². The first-order valence-electron chi connectivity index (χ1n) is 6.44. The van der Waals surface area contributed by atoms with Gasteiger partial charge in [-0.05, 0) is 31.8 Å². The van der Waals surface area contributed by atoms with Gasteiger partial charge in [-0.2, -0.15) is 0 Å². The number of hydrazine groups is 1. The van der Waals surface area contributed by atoms with Crippen LogP contribution in [0.2, 0.25) is 0 Å². The van der Waals surface area contributed by atoms with Crippen LogP contribution < -0.4 is 0 Å². The fourth-order valence-corrected chi connectivity index (χ4v) is 2.78. The summed E-state index contributed by atoms with van der Waals surface area (Å²) in [6, 6.07) is 1.56. The lowest BCUT2D eigenvalue weighted by Gasteiger charge is -2.26. The molecule has 0 aromatic carbocycles. The van der Waals surface area contributed by atoms with Crippen LogP contribution in [-0.2, 0) is 0 Å². The molecule has 1 saturated heterocycles. The van der Waals surface area contributed by atoms with E-state index in [1.54, 1.807) is 19.9 Å². The molecule has 0 aliphatic carbocycles. The monoisotopic (exact) mass is 307 g/mol. The highest BCUT2D eigenvalue weighted by Crippen LogP contribution is 2.20. The number of aryl methyl sites for hydroxylation is 2. The molecule has 3 rings (SSSR count). The van der Waals surface area contributed by atoms with E-state index in [0.717, 1.165) is 18.0 Å². The number of nitrogens with zero attached hydrogens (tertiary/aromatic N) is 5. The molecule has 1 aliphatic rings. The summed E-state index contributed by atoms with van der Waals surface area (Å²) in [5.74, 6) is -0.0423. The van der Waals surface area contributed by atoms with E-state index < -0.39 is 0 Å². The van der Waals surface area contributed by atoms with Crippen molar-refractivity contribution in [3.05, 3.63) is 28.1 Å². The van der Waals surface area contributed by atoms with E-state index in [-0.39, 0.29) is 17.5 Å². The Labute approximate surface area is 124 Å². The molecule has 3 heterocycles. The molecule has 2 aromatic rings. The molecule has 0 bridgehead atoms. The number of hydrogen-bond donors (Lipinski definition) is 0. The summed E-state index contributed by atoms with van der Waals surface area (Å²) < 4.78 is 8.67. The highest BCUT2D eigenvalue weighted by molar-refractivity contribution is 7.07. The molecule has 9 heteroatoms. The molecule has 110 valence electrons. The van der Waals surface area contributed by atoms with Crippen LogP contribution in [0.25, 0.3) is 0 Å². The van der Waals surface area contributed by atoms with E-state index in [9.17, 15) is 9.59 Å². The molecule has 2 aromatic heterocycles. The summed E-state index contributed by atoms with van der Waals surface area (Å²) in [5.41, 5.74) is 0.771. The fraction of sp³-hybridized carbons (Fsp3) is 0.417. The van der Waals surface area contributed by atoms with Crippen molar-refractivity contribution >= 4 is 23.3 Å². The average Bonchev–Trinajstić information content (AvgIpc) is 3.17. The number of carbonyl (C=O) groups is 2. The van der Waals surface area contributed by atoms with Crippen molar-refractivity contribution < 1.29 is 14.1 Å². The van der Waals surface area contributed by atoms with Gasteiger partial charge in [0.25, 0.3) is 11.8 Å². The SMILES string of the molecule is Cc1cc(C(=O)N2CCCN2C(=O)c2snnc2C)no1. The number of rotatable bonds is 2. The highest BCUT2D eigenvalue weighted by Gasteiger charge is 2.34. The van der Waals surface area contributed by atoms with Crippen LogP contribution in [0.4, 0.5) is 0 Å². The molecule has 0 atom stereocenters. The summed E-state index contributed by atoms with van der Waals surface area (Å²) in [4.78, 5) is 25.4. The normalized spacial score (nSPS) is 14.8. The Bertz CT molecular complexity index is 695. The third-order valence-corrected chi connectivity index (χ3v) is 4.01. The van der Waals surface area contributed by atoms with E-state index in [1.807, 2.05) is 0 Å². The van der Waals surface area contributed by atoms with Gasteiger partial charge in [0.15, 0.2) is 5.69 Å². The molecule has 0 N–H and O–H groups in total. The van der Waals surface area contributed by atoms with E-state index >= 15 is 0 Å². The van der Waals surface area contributed by atoms with Crippen LogP contribution in [0.3, 0.4) is 0 Å². The molecule has 0 saturated carbocycles. The lowest BCUT2D eigenvalue weighted by Crippen LogP contribution is -2.44. The Morgan fingerprint density at radius 3 is 2.52 bits per heavy atom. The van der Waals surface area contributed by atoms with Crippen molar-refractivity contribution in [3.8, 4) is 0 Å². The molecule has 0 spiro atoms. The van der Waals surface area contributed by atoms with Gasteiger partial charge in [-0.1, -0.05) is 9.64 Å². The third-order valence-electron chi connectivity index (χ3n) is 3.19. The molecular weight excluding hydrogens is 294 g/mol. The summed E-state index contributed by atoms with van der Waals surface area (Å²) >= 11 is 1.03. The van der Waals surface area contributed by atoms with E-state index in [0.29, 0.717) is 29.4 Å². The van der Waals surface area contributed by atoms with Crippen molar-refractivity contribution in [3.63, 3.8) is 0 Å². The molecule has 21 heavy (non-hydrogen) atoms. The standard InChI is InChI=1S/C12H13N5O3S/c1-7-6-9(14-20-7)11(18)16-4-3-5-17(16)12(19)10-8(2)13-15-21-10/h6H,3-5H2,1-2H3. The molecule has 2 amide bonds. The Hall–Kier alpha value is -2.29. The predicted octanol–water partition coefficient (Wildman–Crippen LogP) is 1.05. The van der Waals surface area contributed by atoms with E-state index in [2.05, 4.69) is 14.7 Å². The zero-order chi connectivity index (χ0) is 15.0. The Morgan fingerprint density at radius 2 is 1.95 bits per heavy atom. The van der Waals surface area contributed by atoms with Crippen molar-refractivity contribution in [2.75, 3.05) is 13.1 Å². The maximum absolute atomic E-state index is 12.5. The Balaban J connectivity index is 1.84. The van der Waals surface area contributed by atoms with Crippen LogP contribution in [0.5, 0.6) is 0 Å². The minimum Gasteiger partial charge on any atom is -0.361 e. The summed E-state index contributed by atoms with van der Waals surface area (Å²) in [6.45, 7) is 4.39. The summed E-state index contributed by atoms with van der Waals surface area (Å²) in [6.07, 6.45) is 0.722. The van der Waals surface area contributed by atoms with Crippen LogP contribution in [0.15, 0.2) is 10.6 Å². The van der Waals surface area contributed by atoms with Gasteiger partial charge in [0.2, 0.25) is 0 Å². The van der Waals surface area contributed by atoms with Gasteiger partial charge >= 0.3 is 0 Å².